The molecule has 2 amide bonds. The Morgan fingerprint density at radius 3 is 2.38 bits per heavy atom. The van der Waals surface area contributed by atoms with Gasteiger partial charge in [-0.3, -0.25) is 9.59 Å². The zero-order valence-corrected chi connectivity index (χ0v) is 15.2. The van der Waals surface area contributed by atoms with E-state index >= 15 is 0 Å². The summed E-state index contributed by atoms with van der Waals surface area (Å²) in [4.78, 5) is 24.0. The lowest BCUT2D eigenvalue weighted by atomic mass is 10.2. The summed E-state index contributed by atoms with van der Waals surface area (Å²) in [5.41, 5.74) is 2.04. The number of furan rings is 1. The van der Waals surface area contributed by atoms with Crippen molar-refractivity contribution >= 4 is 44.8 Å². The minimum absolute atomic E-state index is 0.103. The van der Waals surface area contributed by atoms with Crippen molar-refractivity contribution in [1.29, 1.82) is 0 Å². The van der Waals surface area contributed by atoms with Gasteiger partial charge >= 0.3 is 0 Å². The zero-order chi connectivity index (χ0) is 18.4. The molecule has 1 aromatic heterocycles. The molecule has 0 spiro atoms. The predicted octanol–water partition coefficient (Wildman–Crippen LogP) is 4.35. The molecular weight excluding hydrogens is 398 g/mol. The molecule has 3 N–H and O–H groups in total. The van der Waals surface area contributed by atoms with Gasteiger partial charge in [0.1, 0.15) is 0 Å². The molecule has 2 aromatic carbocycles. The smallest absolute Gasteiger partial charge is 0.291 e. The normalized spacial score (nSPS) is 10.2. The van der Waals surface area contributed by atoms with E-state index in [0.717, 1.165) is 10.2 Å². The molecular formula is C19H16BrN3O3. The zero-order valence-electron chi connectivity index (χ0n) is 13.7. The third-order valence-corrected chi connectivity index (χ3v) is 3.98. The third-order valence-electron chi connectivity index (χ3n) is 3.45. The number of carbonyl (C=O) groups excluding carboxylic acids is 2. The minimum atomic E-state index is -0.333. The number of halogens is 1. The van der Waals surface area contributed by atoms with Crippen LogP contribution in [0.5, 0.6) is 0 Å². The number of amides is 2. The summed E-state index contributed by atoms with van der Waals surface area (Å²) in [6, 6.07) is 17.7. The Morgan fingerprint density at radius 2 is 1.65 bits per heavy atom. The molecule has 0 fully saturated rings. The summed E-state index contributed by atoms with van der Waals surface area (Å²) in [6.07, 6.45) is 1.44. The Balaban J connectivity index is 1.54. The number of nitrogens with one attached hydrogen (secondary N) is 3. The van der Waals surface area contributed by atoms with Gasteiger partial charge in [0.25, 0.3) is 5.91 Å². The van der Waals surface area contributed by atoms with Crippen LogP contribution in [0, 0.1) is 0 Å². The van der Waals surface area contributed by atoms with Crippen LogP contribution in [0.1, 0.15) is 10.6 Å². The highest BCUT2D eigenvalue weighted by Gasteiger charge is 2.09. The van der Waals surface area contributed by atoms with Gasteiger partial charge in [-0.25, -0.2) is 0 Å². The lowest BCUT2D eigenvalue weighted by molar-refractivity contribution is -0.114. The van der Waals surface area contributed by atoms with E-state index in [2.05, 4.69) is 31.9 Å². The van der Waals surface area contributed by atoms with E-state index < -0.39 is 0 Å². The van der Waals surface area contributed by atoms with Crippen molar-refractivity contribution in [2.24, 2.45) is 0 Å². The van der Waals surface area contributed by atoms with Crippen molar-refractivity contribution < 1.29 is 14.0 Å². The number of carbonyl (C=O) groups is 2. The second-order valence-electron chi connectivity index (χ2n) is 5.42. The van der Waals surface area contributed by atoms with Gasteiger partial charge in [-0.1, -0.05) is 22.0 Å². The third kappa shape index (κ3) is 4.97. The Kier molecular flexibility index (Phi) is 5.70. The first-order chi connectivity index (χ1) is 12.6. The molecule has 0 unspecified atom stereocenters. The molecule has 0 aliphatic carbocycles. The van der Waals surface area contributed by atoms with Crippen molar-refractivity contribution in [2.75, 3.05) is 22.5 Å². The van der Waals surface area contributed by atoms with Gasteiger partial charge in [0.15, 0.2) is 5.76 Å². The van der Waals surface area contributed by atoms with E-state index in [-0.39, 0.29) is 24.1 Å². The van der Waals surface area contributed by atoms with Gasteiger partial charge in [0.05, 0.1) is 12.8 Å². The fourth-order valence-corrected chi connectivity index (χ4v) is 2.49. The average Bonchev–Trinajstić information content (AvgIpc) is 3.17. The van der Waals surface area contributed by atoms with Gasteiger partial charge in [-0.15, -0.1) is 0 Å². The van der Waals surface area contributed by atoms with Gasteiger partial charge < -0.3 is 20.4 Å². The standard InChI is InChI=1S/C19H16BrN3O3/c20-13-6-8-14(9-7-13)22-18(24)12-21-15-3-1-4-16(11-15)23-19(25)17-5-2-10-26-17/h1-11,21H,12H2,(H,22,24)(H,23,25). The van der Waals surface area contributed by atoms with E-state index in [0.29, 0.717) is 11.4 Å². The summed E-state index contributed by atoms with van der Waals surface area (Å²) in [6.45, 7) is 0.103. The molecule has 0 saturated heterocycles. The molecule has 0 bridgehead atoms. The topological polar surface area (TPSA) is 83.4 Å². The van der Waals surface area contributed by atoms with Gasteiger partial charge in [-0.05, 0) is 54.6 Å². The highest BCUT2D eigenvalue weighted by molar-refractivity contribution is 9.10. The lowest BCUT2D eigenvalue weighted by Crippen LogP contribution is -2.21. The van der Waals surface area contributed by atoms with Gasteiger partial charge in [0, 0.05) is 21.5 Å². The Hall–Kier alpha value is -3.06. The maximum atomic E-state index is 12.0. The second kappa shape index (κ2) is 8.35. The monoisotopic (exact) mass is 413 g/mol. The van der Waals surface area contributed by atoms with Crippen LogP contribution in [0.3, 0.4) is 0 Å². The van der Waals surface area contributed by atoms with Crippen LogP contribution >= 0.6 is 15.9 Å². The van der Waals surface area contributed by atoms with Crippen molar-refractivity contribution in [2.45, 2.75) is 0 Å². The number of anilines is 3. The predicted molar refractivity (Wildman–Crippen MR) is 104 cm³/mol. The second-order valence-corrected chi connectivity index (χ2v) is 6.34. The molecule has 6 nitrogen and oxygen atoms in total. The average molecular weight is 414 g/mol. The number of hydrogen-bond acceptors (Lipinski definition) is 4. The summed E-state index contributed by atoms with van der Waals surface area (Å²) in [5.74, 6) is -0.269. The molecule has 0 radical (unpaired) electrons. The van der Waals surface area contributed by atoms with Crippen molar-refractivity contribution in [1.82, 2.24) is 0 Å². The molecule has 3 rings (SSSR count). The molecule has 0 saturated carbocycles. The minimum Gasteiger partial charge on any atom is -0.459 e. The van der Waals surface area contributed by atoms with E-state index in [1.54, 1.807) is 30.3 Å². The number of hydrogen-bond donors (Lipinski definition) is 3. The van der Waals surface area contributed by atoms with Crippen molar-refractivity contribution in [3.05, 3.63) is 77.2 Å². The molecule has 0 aliphatic heterocycles. The van der Waals surface area contributed by atoms with Crippen LogP contribution in [-0.2, 0) is 4.79 Å². The molecule has 26 heavy (non-hydrogen) atoms. The van der Waals surface area contributed by atoms with Crippen LogP contribution < -0.4 is 16.0 Å². The maximum Gasteiger partial charge on any atom is 0.291 e. The Morgan fingerprint density at radius 1 is 0.885 bits per heavy atom. The molecule has 3 aromatic rings. The Bertz CT molecular complexity index is 893. The maximum absolute atomic E-state index is 12.0. The highest BCUT2D eigenvalue weighted by atomic mass is 79.9. The number of rotatable bonds is 6. The molecule has 1 heterocycles. The van der Waals surface area contributed by atoms with Gasteiger partial charge in [-0.2, -0.15) is 0 Å². The fourth-order valence-electron chi connectivity index (χ4n) is 2.23. The summed E-state index contributed by atoms with van der Waals surface area (Å²) >= 11 is 3.35. The quantitative estimate of drug-likeness (QED) is 0.560. The van der Waals surface area contributed by atoms with Crippen LogP contribution in [0.15, 0.2) is 75.8 Å². The summed E-state index contributed by atoms with van der Waals surface area (Å²) < 4.78 is 6.00. The van der Waals surface area contributed by atoms with Crippen LogP contribution in [0.2, 0.25) is 0 Å². The first kappa shape index (κ1) is 17.8. The van der Waals surface area contributed by atoms with Crippen molar-refractivity contribution in [3.63, 3.8) is 0 Å². The van der Waals surface area contributed by atoms with E-state index in [1.165, 1.54) is 6.26 Å². The number of benzene rings is 2. The SMILES string of the molecule is O=C(CNc1cccc(NC(=O)c2ccco2)c1)Nc1ccc(Br)cc1. The van der Waals surface area contributed by atoms with Crippen LogP contribution in [0.25, 0.3) is 0 Å². The van der Waals surface area contributed by atoms with E-state index in [9.17, 15) is 9.59 Å². The first-order valence-electron chi connectivity index (χ1n) is 7.84. The largest absolute Gasteiger partial charge is 0.459 e. The molecule has 7 heteroatoms. The highest BCUT2D eigenvalue weighted by Crippen LogP contribution is 2.17. The molecule has 132 valence electrons. The van der Waals surface area contributed by atoms with Crippen LogP contribution in [-0.4, -0.2) is 18.4 Å². The van der Waals surface area contributed by atoms with E-state index in [1.807, 2.05) is 30.3 Å². The fraction of sp³-hybridized carbons (Fsp3) is 0.0526. The molecule has 0 aliphatic rings. The van der Waals surface area contributed by atoms with Crippen molar-refractivity contribution in [3.8, 4) is 0 Å². The Labute approximate surface area is 158 Å². The lowest BCUT2D eigenvalue weighted by Gasteiger charge is -2.10. The first-order valence-corrected chi connectivity index (χ1v) is 8.64. The van der Waals surface area contributed by atoms with E-state index in [4.69, 9.17) is 4.42 Å². The summed E-state index contributed by atoms with van der Waals surface area (Å²) in [5, 5.41) is 8.57. The van der Waals surface area contributed by atoms with Gasteiger partial charge in [0.2, 0.25) is 5.91 Å². The molecule has 0 atom stereocenters. The van der Waals surface area contributed by atoms with Crippen LogP contribution in [0.4, 0.5) is 17.1 Å². The summed E-state index contributed by atoms with van der Waals surface area (Å²) in [7, 11) is 0.